The van der Waals surface area contributed by atoms with Gasteiger partial charge in [-0.1, -0.05) is 0 Å². The number of imidazole rings is 2. The summed E-state index contributed by atoms with van der Waals surface area (Å²) in [5.74, 6) is -1.10. The third-order valence-corrected chi connectivity index (χ3v) is 5.29. The highest BCUT2D eigenvalue weighted by Crippen LogP contribution is 2.36. The van der Waals surface area contributed by atoms with Crippen molar-refractivity contribution in [3.8, 4) is 22.8 Å². The minimum Gasteiger partial charge on any atom is -0.395 e. The van der Waals surface area contributed by atoms with Gasteiger partial charge in [0.1, 0.15) is 5.69 Å². The molecule has 0 unspecified atom stereocenters. The molecule has 0 aliphatic carbocycles. The number of likely N-dealkylation sites (tertiary alicyclic amines) is 1. The molecule has 8 heteroatoms. The lowest BCUT2D eigenvalue weighted by atomic mass is 10.1. The lowest BCUT2D eigenvalue weighted by Gasteiger charge is -2.16. The van der Waals surface area contributed by atoms with Gasteiger partial charge in [-0.25, -0.2) is 18.7 Å². The Morgan fingerprint density at radius 2 is 2.00 bits per heavy atom. The van der Waals surface area contributed by atoms with E-state index in [1.807, 2.05) is 29.4 Å². The minimum atomic E-state index is -0.909. The van der Waals surface area contributed by atoms with E-state index in [1.54, 1.807) is 12.5 Å². The van der Waals surface area contributed by atoms with E-state index in [9.17, 15) is 13.9 Å². The van der Waals surface area contributed by atoms with Gasteiger partial charge >= 0.3 is 0 Å². The molecule has 3 heterocycles. The zero-order valence-corrected chi connectivity index (χ0v) is 15.2. The molecule has 0 saturated carbocycles. The molecule has 3 aromatic rings. The number of halogens is 2. The Bertz CT molecular complexity index is 967. The summed E-state index contributed by atoms with van der Waals surface area (Å²) in [6, 6.07) is 3.97. The fourth-order valence-electron chi connectivity index (χ4n) is 3.77. The summed E-state index contributed by atoms with van der Waals surface area (Å²) in [7, 11) is 3.86. The molecule has 2 aromatic heterocycles. The number of likely N-dealkylation sites (N-methyl/N-ethyl adjacent to an activating group) is 1. The zero-order chi connectivity index (χ0) is 19.1. The molecule has 4 rings (SSSR count). The van der Waals surface area contributed by atoms with Gasteiger partial charge < -0.3 is 14.2 Å². The lowest BCUT2D eigenvalue weighted by Crippen LogP contribution is -2.27. The maximum atomic E-state index is 13.8. The van der Waals surface area contributed by atoms with Crippen LogP contribution in [0.25, 0.3) is 22.8 Å². The van der Waals surface area contributed by atoms with E-state index < -0.39 is 11.6 Å². The van der Waals surface area contributed by atoms with Gasteiger partial charge in [0.15, 0.2) is 17.5 Å². The maximum Gasteiger partial charge on any atom is 0.159 e. The highest BCUT2D eigenvalue weighted by Gasteiger charge is 2.33. The van der Waals surface area contributed by atoms with Crippen molar-refractivity contribution in [1.29, 1.82) is 0 Å². The second-order valence-electron chi connectivity index (χ2n) is 7.01. The molecule has 1 saturated heterocycles. The van der Waals surface area contributed by atoms with Gasteiger partial charge in [-0.15, -0.1) is 0 Å². The lowest BCUT2D eigenvalue weighted by molar-refractivity contribution is 0.182. The molecule has 1 aliphatic heterocycles. The number of aliphatic hydroxyl groups excluding tert-OH is 1. The Balaban J connectivity index is 1.85. The van der Waals surface area contributed by atoms with Crippen LogP contribution in [-0.4, -0.2) is 55.3 Å². The molecule has 1 aromatic carbocycles. The smallest absolute Gasteiger partial charge is 0.159 e. The van der Waals surface area contributed by atoms with Crippen LogP contribution in [0.1, 0.15) is 12.5 Å². The average Bonchev–Trinajstić information content (AvgIpc) is 3.34. The molecule has 0 radical (unpaired) electrons. The zero-order valence-electron chi connectivity index (χ0n) is 15.2. The summed E-state index contributed by atoms with van der Waals surface area (Å²) in [6.45, 7) is 0.853. The van der Waals surface area contributed by atoms with E-state index >= 15 is 0 Å². The van der Waals surface area contributed by atoms with E-state index in [2.05, 4.69) is 14.9 Å². The summed E-state index contributed by atoms with van der Waals surface area (Å²) in [5.41, 5.74) is 1.81. The summed E-state index contributed by atoms with van der Waals surface area (Å²) in [5, 5.41) is 9.58. The number of rotatable bonds is 4. The largest absolute Gasteiger partial charge is 0.395 e. The van der Waals surface area contributed by atoms with E-state index in [1.165, 1.54) is 6.07 Å². The van der Waals surface area contributed by atoms with Crippen molar-refractivity contribution in [2.45, 2.75) is 18.5 Å². The van der Waals surface area contributed by atoms with Gasteiger partial charge in [0, 0.05) is 43.6 Å². The monoisotopic (exact) mass is 373 g/mol. The number of aliphatic hydroxyl groups is 1. The van der Waals surface area contributed by atoms with Crippen LogP contribution in [0.3, 0.4) is 0 Å². The van der Waals surface area contributed by atoms with Crippen LogP contribution in [0.4, 0.5) is 8.78 Å². The van der Waals surface area contributed by atoms with Crippen molar-refractivity contribution < 1.29 is 13.9 Å². The van der Waals surface area contributed by atoms with Crippen LogP contribution < -0.4 is 0 Å². The van der Waals surface area contributed by atoms with Gasteiger partial charge in [-0.05, 0) is 31.7 Å². The molecule has 0 amide bonds. The van der Waals surface area contributed by atoms with Crippen molar-refractivity contribution in [3.05, 3.63) is 48.6 Å². The first-order valence-corrected chi connectivity index (χ1v) is 8.80. The summed E-state index contributed by atoms with van der Waals surface area (Å²) in [4.78, 5) is 11.1. The Labute approximate surface area is 155 Å². The van der Waals surface area contributed by atoms with Crippen molar-refractivity contribution in [2.75, 3.05) is 20.2 Å². The quantitative estimate of drug-likeness (QED) is 0.763. The maximum absolute atomic E-state index is 13.8. The Morgan fingerprint density at radius 3 is 2.63 bits per heavy atom. The first-order chi connectivity index (χ1) is 13.0. The molecule has 142 valence electrons. The molecule has 0 spiro atoms. The van der Waals surface area contributed by atoms with E-state index in [-0.39, 0.29) is 18.7 Å². The van der Waals surface area contributed by atoms with Gasteiger partial charge in [0.25, 0.3) is 0 Å². The fraction of sp³-hybridized carbons (Fsp3) is 0.368. The van der Waals surface area contributed by atoms with Crippen LogP contribution in [0.15, 0.2) is 36.9 Å². The van der Waals surface area contributed by atoms with Gasteiger partial charge in [-0.2, -0.15) is 0 Å². The highest BCUT2D eigenvalue weighted by atomic mass is 19.2. The summed E-state index contributed by atoms with van der Waals surface area (Å²) >= 11 is 0. The molecule has 1 N–H and O–H groups in total. The number of hydrogen-bond donors (Lipinski definition) is 1. The molecular formula is C19H21F2N5O. The summed E-state index contributed by atoms with van der Waals surface area (Å²) in [6.07, 6.45) is 6.02. The number of nitrogens with zero attached hydrogens (tertiary/aromatic N) is 5. The Hall–Kier alpha value is -2.58. The minimum absolute atomic E-state index is 0.0818. The molecule has 27 heavy (non-hydrogen) atoms. The van der Waals surface area contributed by atoms with Gasteiger partial charge in [0.2, 0.25) is 0 Å². The van der Waals surface area contributed by atoms with E-state index in [0.29, 0.717) is 17.1 Å². The molecule has 1 fully saturated rings. The molecule has 2 atom stereocenters. The first-order valence-electron chi connectivity index (χ1n) is 8.80. The second-order valence-corrected chi connectivity index (χ2v) is 7.01. The SMILES string of the molecule is CN1C[C@H](n2cnc(-c3ccc(F)c(F)c3)c2-c2nccn2C)C[C@H]1CO. The third-order valence-electron chi connectivity index (χ3n) is 5.29. The van der Waals surface area contributed by atoms with Crippen molar-refractivity contribution in [1.82, 2.24) is 24.0 Å². The van der Waals surface area contributed by atoms with Crippen molar-refractivity contribution >= 4 is 0 Å². The van der Waals surface area contributed by atoms with Crippen LogP contribution in [0.2, 0.25) is 0 Å². The van der Waals surface area contributed by atoms with Crippen LogP contribution in [0.5, 0.6) is 0 Å². The molecule has 1 aliphatic rings. The molecular weight excluding hydrogens is 352 g/mol. The third kappa shape index (κ3) is 3.04. The second kappa shape index (κ2) is 6.86. The van der Waals surface area contributed by atoms with E-state index in [0.717, 1.165) is 30.8 Å². The summed E-state index contributed by atoms with van der Waals surface area (Å²) < 4.78 is 31.1. The standard InChI is InChI=1S/C19H21F2N5O/c1-24-6-5-22-19(24)18-17(12-3-4-15(20)16(21)7-12)23-11-26(18)13-8-14(10-27)25(2)9-13/h3-7,11,13-14,27H,8-10H2,1-2H3/t13-,14+/m1/s1. The number of hydrogen-bond acceptors (Lipinski definition) is 4. The normalized spacial score (nSPS) is 20.5. The number of aryl methyl sites for hydroxylation is 1. The number of aromatic nitrogens is 4. The predicted molar refractivity (Wildman–Crippen MR) is 96.9 cm³/mol. The highest BCUT2D eigenvalue weighted by molar-refractivity contribution is 5.75. The first kappa shape index (κ1) is 17.8. The Morgan fingerprint density at radius 1 is 1.19 bits per heavy atom. The molecule has 6 nitrogen and oxygen atoms in total. The fourth-order valence-corrected chi connectivity index (χ4v) is 3.77. The predicted octanol–water partition coefficient (Wildman–Crippen LogP) is 2.47. The van der Waals surface area contributed by atoms with Crippen LogP contribution in [0, 0.1) is 11.6 Å². The van der Waals surface area contributed by atoms with Gasteiger partial charge in [0.05, 0.1) is 18.6 Å². The van der Waals surface area contributed by atoms with E-state index in [4.69, 9.17) is 0 Å². The average molecular weight is 373 g/mol. The molecule has 0 bridgehead atoms. The topological polar surface area (TPSA) is 59.1 Å². The van der Waals surface area contributed by atoms with Crippen molar-refractivity contribution in [2.24, 2.45) is 7.05 Å². The Kier molecular flexibility index (Phi) is 4.53. The van der Waals surface area contributed by atoms with Crippen LogP contribution >= 0.6 is 0 Å². The van der Waals surface area contributed by atoms with Crippen molar-refractivity contribution in [3.63, 3.8) is 0 Å². The van der Waals surface area contributed by atoms with Crippen LogP contribution in [-0.2, 0) is 7.05 Å². The van der Waals surface area contributed by atoms with Gasteiger partial charge in [-0.3, -0.25) is 4.90 Å². The number of benzene rings is 1.